The fraction of sp³-hybridized carbons (Fsp3) is 0.182. The van der Waals surface area contributed by atoms with Crippen molar-refractivity contribution in [2.75, 3.05) is 13.7 Å². The van der Waals surface area contributed by atoms with E-state index < -0.39 is 0 Å². The smallest absolute Gasteiger partial charge is 0.264 e. The number of aryl methyl sites for hydroxylation is 2. The summed E-state index contributed by atoms with van der Waals surface area (Å²) in [5, 5.41) is 3.37. The SMILES string of the molecule is C=CCOc1cc(Br)c(/C=C2\SC(=Nc3cc(C)c(Br)c(C)c3)NC2=O)cc1OC. The average molecular weight is 552 g/mol. The van der Waals surface area contributed by atoms with Crippen LogP contribution >= 0.6 is 43.6 Å². The number of nitrogens with zero attached hydrogens (tertiary/aromatic N) is 1. The van der Waals surface area contributed by atoms with Gasteiger partial charge in [0.25, 0.3) is 5.91 Å². The lowest BCUT2D eigenvalue weighted by Crippen LogP contribution is -2.19. The molecule has 1 aliphatic heterocycles. The molecule has 0 bridgehead atoms. The number of amides is 1. The highest BCUT2D eigenvalue weighted by Gasteiger charge is 2.24. The minimum Gasteiger partial charge on any atom is -0.493 e. The molecule has 0 radical (unpaired) electrons. The van der Waals surface area contributed by atoms with Crippen LogP contribution in [0.25, 0.3) is 6.08 Å². The molecule has 1 fully saturated rings. The van der Waals surface area contributed by atoms with E-state index in [1.54, 1.807) is 19.3 Å². The van der Waals surface area contributed by atoms with Gasteiger partial charge in [0.15, 0.2) is 16.7 Å². The van der Waals surface area contributed by atoms with Crippen LogP contribution in [0.5, 0.6) is 11.5 Å². The highest BCUT2D eigenvalue weighted by Crippen LogP contribution is 2.37. The third kappa shape index (κ3) is 5.17. The number of rotatable bonds is 6. The largest absolute Gasteiger partial charge is 0.493 e. The normalized spacial score (nSPS) is 16.1. The maximum atomic E-state index is 12.5. The number of aliphatic imine (C=N–C) groups is 1. The molecule has 1 amide bonds. The number of nitrogens with one attached hydrogen (secondary N) is 1. The van der Waals surface area contributed by atoms with Crippen molar-refractivity contribution in [2.24, 2.45) is 4.99 Å². The van der Waals surface area contributed by atoms with Gasteiger partial charge in [-0.2, -0.15) is 0 Å². The Kier molecular flexibility index (Phi) is 7.44. The number of benzene rings is 2. The zero-order valence-corrected chi connectivity index (χ0v) is 20.7. The first-order chi connectivity index (χ1) is 14.3. The molecule has 30 heavy (non-hydrogen) atoms. The monoisotopic (exact) mass is 550 g/mol. The van der Waals surface area contributed by atoms with Crippen LogP contribution in [0.2, 0.25) is 0 Å². The van der Waals surface area contributed by atoms with E-state index >= 15 is 0 Å². The van der Waals surface area contributed by atoms with Crippen LogP contribution in [0.3, 0.4) is 0 Å². The van der Waals surface area contributed by atoms with Crippen molar-refractivity contribution in [3.63, 3.8) is 0 Å². The molecule has 5 nitrogen and oxygen atoms in total. The summed E-state index contributed by atoms with van der Waals surface area (Å²) in [6.45, 7) is 8.05. The summed E-state index contributed by atoms with van der Waals surface area (Å²) in [4.78, 5) is 17.6. The van der Waals surface area contributed by atoms with Gasteiger partial charge in [-0.1, -0.05) is 44.5 Å². The van der Waals surface area contributed by atoms with Crippen LogP contribution in [-0.2, 0) is 4.79 Å². The molecule has 1 heterocycles. The number of thioether (sulfide) groups is 1. The van der Waals surface area contributed by atoms with Crippen LogP contribution in [0.4, 0.5) is 5.69 Å². The highest BCUT2D eigenvalue weighted by molar-refractivity contribution is 9.10. The van der Waals surface area contributed by atoms with Crippen molar-refractivity contribution in [3.8, 4) is 11.5 Å². The third-order valence-electron chi connectivity index (χ3n) is 4.23. The van der Waals surface area contributed by atoms with Gasteiger partial charge < -0.3 is 14.8 Å². The highest BCUT2D eigenvalue weighted by atomic mass is 79.9. The Morgan fingerprint density at radius 3 is 2.50 bits per heavy atom. The van der Waals surface area contributed by atoms with E-state index in [4.69, 9.17) is 9.47 Å². The standard InChI is InChI=1S/C22H20Br2N2O3S/c1-5-6-29-18-11-16(23)14(9-17(18)28-4)10-19-21(27)26-22(30-19)25-15-7-12(2)20(24)13(3)8-15/h5,7-11H,1,6H2,2-4H3,(H,25,26,27)/b19-10-. The van der Waals surface area contributed by atoms with Gasteiger partial charge in [0.2, 0.25) is 0 Å². The fourth-order valence-electron chi connectivity index (χ4n) is 2.81. The Morgan fingerprint density at radius 2 is 1.87 bits per heavy atom. The molecule has 1 saturated heterocycles. The minimum absolute atomic E-state index is 0.192. The summed E-state index contributed by atoms with van der Waals surface area (Å²) in [6.07, 6.45) is 3.46. The van der Waals surface area contributed by atoms with Crippen LogP contribution < -0.4 is 14.8 Å². The van der Waals surface area contributed by atoms with Crippen LogP contribution in [0, 0.1) is 13.8 Å². The molecule has 1 aliphatic rings. The van der Waals surface area contributed by atoms with E-state index in [0.717, 1.165) is 31.3 Å². The van der Waals surface area contributed by atoms with Crippen LogP contribution in [0.15, 0.2) is 55.8 Å². The summed E-state index contributed by atoms with van der Waals surface area (Å²) >= 11 is 8.40. The van der Waals surface area contributed by atoms with E-state index in [-0.39, 0.29) is 5.91 Å². The fourth-order valence-corrected chi connectivity index (χ4v) is 4.31. The van der Waals surface area contributed by atoms with E-state index in [9.17, 15) is 4.79 Å². The Labute approximate surface area is 196 Å². The molecule has 0 aliphatic carbocycles. The van der Waals surface area contributed by atoms with Gasteiger partial charge in [-0.05, 0) is 72.6 Å². The zero-order valence-electron chi connectivity index (χ0n) is 16.7. The predicted molar refractivity (Wildman–Crippen MR) is 131 cm³/mol. The van der Waals surface area contributed by atoms with Crippen molar-refractivity contribution in [1.29, 1.82) is 0 Å². The number of carbonyl (C=O) groups excluding carboxylic acids is 1. The topological polar surface area (TPSA) is 59.9 Å². The lowest BCUT2D eigenvalue weighted by atomic mass is 10.1. The Morgan fingerprint density at radius 1 is 1.17 bits per heavy atom. The van der Waals surface area contributed by atoms with Crippen molar-refractivity contribution in [1.82, 2.24) is 5.32 Å². The molecule has 1 N–H and O–H groups in total. The number of carbonyl (C=O) groups is 1. The quantitative estimate of drug-likeness (QED) is 0.338. The maximum absolute atomic E-state index is 12.5. The number of methoxy groups -OCH3 is 1. The molecule has 0 spiro atoms. The second-order valence-electron chi connectivity index (χ2n) is 6.50. The van der Waals surface area contributed by atoms with Gasteiger partial charge in [-0.3, -0.25) is 4.79 Å². The second kappa shape index (κ2) is 9.85. The van der Waals surface area contributed by atoms with Gasteiger partial charge in [0.1, 0.15) is 6.61 Å². The molecule has 0 atom stereocenters. The molecular weight excluding hydrogens is 532 g/mol. The summed E-state index contributed by atoms with van der Waals surface area (Å²) in [5.41, 5.74) is 3.78. The van der Waals surface area contributed by atoms with E-state index in [0.29, 0.717) is 28.2 Å². The summed E-state index contributed by atoms with van der Waals surface area (Å²) in [6, 6.07) is 7.58. The van der Waals surface area contributed by atoms with Gasteiger partial charge in [-0.25, -0.2) is 4.99 Å². The summed E-state index contributed by atoms with van der Waals surface area (Å²) in [7, 11) is 1.57. The Balaban J connectivity index is 1.88. The molecule has 2 aromatic carbocycles. The molecule has 156 valence electrons. The van der Waals surface area contributed by atoms with Gasteiger partial charge >= 0.3 is 0 Å². The first-order valence-corrected chi connectivity index (χ1v) is 11.4. The number of amidine groups is 1. The van der Waals surface area contributed by atoms with Gasteiger partial charge in [0.05, 0.1) is 17.7 Å². The minimum atomic E-state index is -0.192. The Hall–Kier alpha value is -2.03. The van der Waals surface area contributed by atoms with Crippen molar-refractivity contribution >= 4 is 66.5 Å². The number of hydrogen-bond acceptors (Lipinski definition) is 5. The Bertz CT molecular complexity index is 1060. The van der Waals surface area contributed by atoms with Crippen LogP contribution in [-0.4, -0.2) is 24.8 Å². The lowest BCUT2D eigenvalue weighted by molar-refractivity contribution is -0.115. The predicted octanol–water partition coefficient (Wildman–Crippen LogP) is 6.29. The number of hydrogen-bond donors (Lipinski definition) is 1. The van der Waals surface area contributed by atoms with E-state index in [1.165, 1.54) is 11.8 Å². The van der Waals surface area contributed by atoms with Crippen LogP contribution in [0.1, 0.15) is 16.7 Å². The van der Waals surface area contributed by atoms with E-state index in [2.05, 4.69) is 48.7 Å². The van der Waals surface area contributed by atoms with Crippen molar-refractivity contribution < 1.29 is 14.3 Å². The third-order valence-corrected chi connectivity index (χ3v) is 7.08. The van der Waals surface area contributed by atoms with Crippen molar-refractivity contribution in [2.45, 2.75) is 13.8 Å². The van der Waals surface area contributed by atoms with Gasteiger partial charge in [0, 0.05) is 8.95 Å². The maximum Gasteiger partial charge on any atom is 0.264 e. The molecular formula is C22H20Br2N2O3S. The van der Waals surface area contributed by atoms with E-state index in [1.807, 2.05) is 38.1 Å². The summed E-state index contributed by atoms with van der Waals surface area (Å²) in [5.74, 6) is 0.977. The molecule has 3 rings (SSSR count). The van der Waals surface area contributed by atoms with Gasteiger partial charge in [-0.15, -0.1) is 0 Å². The lowest BCUT2D eigenvalue weighted by Gasteiger charge is -2.11. The number of halogens is 2. The molecule has 0 aromatic heterocycles. The first-order valence-electron chi connectivity index (χ1n) is 9.00. The summed E-state index contributed by atoms with van der Waals surface area (Å²) < 4.78 is 12.9. The zero-order chi connectivity index (χ0) is 21.8. The average Bonchev–Trinajstić information content (AvgIpc) is 3.04. The molecule has 8 heteroatoms. The number of ether oxygens (including phenoxy) is 2. The second-order valence-corrected chi connectivity index (χ2v) is 9.18. The molecule has 0 saturated carbocycles. The first kappa shape index (κ1) is 22.7. The molecule has 2 aromatic rings. The molecule has 0 unspecified atom stereocenters. The van der Waals surface area contributed by atoms with Crippen molar-refractivity contribution in [3.05, 3.63) is 67.5 Å².